The fraction of sp³-hybridized carbons (Fsp3) is 0.111. The molecule has 0 spiro atoms. The topological polar surface area (TPSA) is 78.0 Å². The second kappa shape index (κ2) is 5.56. The number of rotatable bonds is 3. The molecule has 2 aromatic carbocycles. The lowest BCUT2D eigenvalue weighted by Crippen LogP contribution is -1.98. The number of sulfone groups is 1. The first-order chi connectivity index (χ1) is 11.9. The highest BCUT2D eigenvalue weighted by Gasteiger charge is 2.11. The quantitative estimate of drug-likeness (QED) is 0.564. The summed E-state index contributed by atoms with van der Waals surface area (Å²) in [6.07, 6.45) is 3.15. The van der Waals surface area contributed by atoms with Crippen LogP contribution < -0.4 is 0 Å². The molecular weight excluding hydrogens is 338 g/mol. The van der Waals surface area contributed by atoms with E-state index in [2.05, 4.69) is 10.2 Å². The monoisotopic (exact) mass is 353 g/mol. The fourth-order valence-corrected chi connectivity index (χ4v) is 3.38. The average molecular weight is 353 g/mol. The Morgan fingerprint density at radius 1 is 1.00 bits per heavy atom. The summed E-state index contributed by atoms with van der Waals surface area (Å²) in [6.45, 7) is 1.75. The third kappa shape index (κ3) is 2.83. The van der Waals surface area contributed by atoms with Gasteiger partial charge in [0.2, 0.25) is 11.8 Å². The van der Waals surface area contributed by atoms with Crippen molar-refractivity contribution in [2.24, 2.45) is 0 Å². The minimum absolute atomic E-state index is 0.301. The summed E-state index contributed by atoms with van der Waals surface area (Å²) < 4.78 is 30.7. The molecule has 4 rings (SSSR count). The molecule has 0 atom stereocenters. The third-order valence-corrected chi connectivity index (χ3v) is 5.14. The molecule has 0 N–H and O–H groups in total. The van der Waals surface area contributed by atoms with Gasteiger partial charge in [-0.1, -0.05) is 6.07 Å². The molecule has 126 valence electrons. The van der Waals surface area contributed by atoms with Crippen molar-refractivity contribution >= 4 is 20.7 Å². The number of nitrogens with zero attached hydrogens (tertiary/aromatic N) is 3. The second-order valence-corrected chi connectivity index (χ2v) is 7.87. The van der Waals surface area contributed by atoms with Crippen LogP contribution in [0, 0.1) is 6.92 Å². The normalized spacial score (nSPS) is 11.9. The molecule has 25 heavy (non-hydrogen) atoms. The number of fused-ring (bicyclic) bond motifs is 1. The number of aryl methyl sites for hydroxylation is 1. The summed E-state index contributed by atoms with van der Waals surface area (Å²) in [4.78, 5) is 0.301. The molecule has 0 saturated carbocycles. The molecule has 0 aliphatic rings. The highest BCUT2D eigenvalue weighted by Crippen LogP contribution is 2.27. The molecule has 4 aromatic rings. The van der Waals surface area contributed by atoms with Gasteiger partial charge in [0.25, 0.3) is 0 Å². The van der Waals surface area contributed by atoms with Crippen molar-refractivity contribution in [1.29, 1.82) is 0 Å². The molecule has 6 nitrogen and oxygen atoms in total. The summed E-state index contributed by atoms with van der Waals surface area (Å²) in [7, 11) is -3.21. The van der Waals surface area contributed by atoms with Crippen molar-refractivity contribution in [3.05, 3.63) is 60.6 Å². The summed E-state index contributed by atoms with van der Waals surface area (Å²) in [5.74, 6) is 0.987. The van der Waals surface area contributed by atoms with E-state index in [0.717, 1.165) is 22.2 Å². The molecule has 0 radical (unpaired) electrons. The van der Waals surface area contributed by atoms with Crippen LogP contribution in [0.5, 0.6) is 0 Å². The van der Waals surface area contributed by atoms with Gasteiger partial charge in [0.05, 0.1) is 10.4 Å². The smallest absolute Gasteiger partial charge is 0.247 e. The van der Waals surface area contributed by atoms with Gasteiger partial charge in [-0.25, -0.2) is 8.42 Å². The van der Waals surface area contributed by atoms with E-state index in [0.29, 0.717) is 16.7 Å². The highest BCUT2D eigenvalue weighted by molar-refractivity contribution is 7.90. The molecule has 0 bridgehead atoms. The fourth-order valence-electron chi connectivity index (χ4n) is 2.75. The lowest BCUT2D eigenvalue weighted by Gasteiger charge is -2.07. The third-order valence-electron chi connectivity index (χ3n) is 4.01. The number of hydrogen-bond donors (Lipinski definition) is 0. The molecule has 0 aliphatic carbocycles. The number of benzene rings is 2. The summed E-state index contributed by atoms with van der Waals surface area (Å²) in [5.41, 5.74) is 2.68. The Hall–Kier alpha value is -2.93. The van der Waals surface area contributed by atoms with E-state index in [1.807, 2.05) is 35.0 Å². The molecule has 0 aliphatic heterocycles. The Morgan fingerprint density at radius 2 is 1.76 bits per heavy atom. The maximum atomic E-state index is 11.6. The minimum Gasteiger partial charge on any atom is -0.421 e. The van der Waals surface area contributed by atoms with Gasteiger partial charge < -0.3 is 8.98 Å². The van der Waals surface area contributed by atoms with Crippen LogP contribution in [-0.4, -0.2) is 29.4 Å². The van der Waals surface area contributed by atoms with E-state index in [-0.39, 0.29) is 0 Å². The second-order valence-electron chi connectivity index (χ2n) is 5.85. The first kappa shape index (κ1) is 15.6. The van der Waals surface area contributed by atoms with Crippen LogP contribution in [0.25, 0.3) is 28.0 Å². The van der Waals surface area contributed by atoms with Crippen molar-refractivity contribution in [3.63, 3.8) is 0 Å². The Balaban J connectivity index is 1.82. The maximum Gasteiger partial charge on any atom is 0.247 e. The first-order valence-corrected chi connectivity index (χ1v) is 9.53. The van der Waals surface area contributed by atoms with Crippen molar-refractivity contribution in [1.82, 2.24) is 14.8 Å². The standard InChI is InChI=1S/C18H15N3O3S/c1-12-19-20-18(24-12)14-4-3-13-9-10-21(17(13)11-14)15-5-7-16(8-6-15)25(2,22)23/h3-11H,1-2H3. The van der Waals surface area contributed by atoms with Gasteiger partial charge in [-0.05, 0) is 47.9 Å². The number of aromatic nitrogens is 3. The molecule has 0 unspecified atom stereocenters. The minimum atomic E-state index is -3.21. The molecule has 7 heteroatoms. The van der Waals surface area contributed by atoms with Crippen LogP contribution in [0.4, 0.5) is 0 Å². The lowest BCUT2D eigenvalue weighted by atomic mass is 10.1. The zero-order chi connectivity index (χ0) is 17.6. The number of hydrogen-bond acceptors (Lipinski definition) is 5. The predicted octanol–water partition coefficient (Wildman–Crippen LogP) is 3.39. The van der Waals surface area contributed by atoms with Crippen molar-refractivity contribution in [3.8, 4) is 17.1 Å². The average Bonchev–Trinajstić information content (AvgIpc) is 3.19. The summed E-state index contributed by atoms with van der Waals surface area (Å²) in [6, 6.07) is 14.7. The van der Waals surface area contributed by atoms with Crippen molar-refractivity contribution < 1.29 is 12.8 Å². The Kier molecular flexibility index (Phi) is 3.47. The van der Waals surface area contributed by atoms with Crippen LogP contribution in [0.15, 0.2) is 64.0 Å². The van der Waals surface area contributed by atoms with E-state index < -0.39 is 9.84 Å². The van der Waals surface area contributed by atoms with Gasteiger partial charge in [-0.3, -0.25) is 0 Å². The zero-order valence-electron chi connectivity index (χ0n) is 13.7. The van der Waals surface area contributed by atoms with E-state index >= 15 is 0 Å². The molecular formula is C18H15N3O3S. The molecule has 0 amide bonds. The van der Waals surface area contributed by atoms with E-state index in [1.54, 1.807) is 31.2 Å². The van der Waals surface area contributed by atoms with Gasteiger partial charge in [0, 0.05) is 30.6 Å². The highest BCUT2D eigenvalue weighted by atomic mass is 32.2. The maximum absolute atomic E-state index is 11.6. The van der Waals surface area contributed by atoms with Gasteiger partial charge in [0.15, 0.2) is 9.84 Å². The van der Waals surface area contributed by atoms with E-state index in [4.69, 9.17) is 4.42 Å². The van der Waals surface area contributed by atoms with E-state index in [9.17, 15) is 8.42 Å². The van der Waals surface area contributed by atoms with Crippen LogP contribution in [0.2, 0.25) is 0 Å². The lowest BCUT2D eigenvalue weighted by molar-refractivity contribution is 0.533. The summed E-state index contributed by atoms with van der Waals surface area (Å²) in [5, 5.41) is 8.98. The van der Waals surface area contributed by atoms with Gasteiger partial charge in [-0.2, -0.15) is 0 Å². The van der Waals surface area contributed by atoms with Gasteiger partial charge in [0.1, 0.15) is 0 Å². The molecule has 0 fully saturated rings. The van der Waals surface area contributed by atoms with E-state index in [1.165, 1.54) is 6.26 Å². The van der Waals surface area contributed by atoms with Crippen LogP contribution in [-0.2, 0) is 9.84 Å². The predicted molar refractivity (Wildman–Crippen MR) is 94.4 cm³/mol. The molecule has 2 aromatic heterocycles. The Labute approximate surface area is 144 Å². The van der Waals surface area contributed by atoms with Crippen molar-refractivity contribution in [2.45, 2.75) is 11.8 Å². The SMILES string of the molecule is Cc1nnc(-c2ccc3ccn(-c4ccc(S(C)(=O)=O)cc4)c3c2)o1. The Bertz CT molecular complexity index is 1170. The molecule has 2 heterocycles. The zero-order valence-corrected chi connectivity index (χ0v) is 14.5. The van der Waals surface area contributed by atoms with Crippen LogP contribution in [0.3, 0.4) is 0 Å². The summed E-state index contributed by atoms with van der Waals surface area (Å²) >= 11 is 0. The van der Waals surface area contributed by atoms with Crippen LogP contribution >= 0.6 is 0 Å². The van der Waals surface area contributed by atoms with Gasteiger partial charge >= 0.3 is 0 Å². The largest absolute Gasteiger partial charge is 0.421 e. The van der Waals surface area contributed by atoms with Crippen LogP contribution in [0.1, 0.15) is 5.89 Å². The first-order valence-electron chi connectivity index (χ1n) is 7.64. The van der Waals surface area contributed by atoms with Gasteiger partial charge in [-0.15, -0.1) is 10.2 Å². The molecule has 0 saturated heterocycles. The Morgan fingerprint density at radius 3 is 2.40 bits per heavy atom. The van der Waals surface area contributed by atoms with Crippen molar-refractivity contribution in [2.75, 3.05) is 6.26 Å².